The number of rotatable bonds is 8. The number of unbranched alkanes of at least 4 members (excludes halogenated alkanes) is 3. The van der Waals surface area contributed by atoms with Crippen LogP contribution in [0.15, 0.2) is 18.5 Å². The van der Waals surface area contributed by atoms with Crippen molar-refractivity contribution in [2.45, 2.75) is 39.0 Å². The maximum atomic E-state index is 11.1. The molecule has 1 aromatic heterocycles. The van der Waals surface area contributed by atoms with Gasteiger partial charge in [0.05, 0.1) is 6.61 Å². The Morgan fingerprint density at radius 3 is 2.74 bits per heavy atom. The van der Waals surface area contributed by atoms with Crippen LogP contribution in [0.1, 0.15) is 44.6 Å². The SMILES string of the molecule is CCOC(=O)CCCCC/C=C/c1cnc(Cl)nc1. The van der Waals surface area contributed by atoms with Crippen molar-refractivity contribution >= 4 is 23.6 Å². The van der Waals surface area contributed by atoms with Gasteiger partial charge in [0.1, 0.15) is 0 Å². The molecule has 0 saturated carbocycles. The highest BCUT2D eigenvalue weighted by Gasteiger charge is 1.99. The second-order valence-electron chi connectivity index (χ2n) is 4.09. The Bertz CT molecular complexity index is 404. The number of hydrogen-bond acceptors (Lipinski definition) is 4. The Morgan fingerprint density at radius 2 is 2.05 bits per heavy atom. The van der Waals surface area contributed by atoms with Gasteiger partial charge in [0.15, 0.2) is 0 Å². The van der Waals surface area contributed by atoms with Gasteiger partial charge in [-0.3, -0.25) is 4.79 Å². The second-order valence-corrected chi connectivity index (χ2v) is 4.43. The number of halogens is 1. The number of hydrogen-bond donors (Lipinski definition) is 0. The molecule has 0 amide bonds. The minimum Gasteiger partial charge on any atom is -0.466 e. The van der Waals surface area contributed by atoms with Gasteiger partial charge in [-0.1, -0.05) is 18.6 Å². The first-order chi connectivity index (χ1) is 9.22. The van der Waals surface area contributed by atoms with Crippen molar-refractivity contribution < 1.29 is 9.53 Å². The monoisotopic (exact) mass is 282 g/mol. The first-order valence-corrected chi connectivity index (χ1v) is 6.90. The molecule has 1 rings (SSSR count). The van der Waals surface area contributed by atoms with Crippen LogP contribution < -0.4 is 0 Å². The van der Waals surface area contributed by atoms with Crippen LogP contribution in [0.3, 0.4) is 0 Å². The van der Waals surface area contributed by atoms with Crippen LogP contribution in [-0.2, 0) is 9.53 Å². The Balaban J connectivity index is 2.07. The van der Waals surface area contributed by atoms with Gasteiger partial charge in [-0.05, 0) is 37.8 Å². The predicted octanol–water partition coefficient (Wildman–Crippen LogP) is 3.66. The van der Waals surface area contributed by atoms with Crippen LogP contribution in [0.2, 0.25) is 5.28 Å². The largest absolute Gasteiger partial charge is 0.466 e. The van der Waals surface area contributed by atoms with Crippen molar-refractivity contribution in [3.63, 3.8) is 0 Å². The number of aromatic nitrogens is 2. The average molecular weight is 283 g/mol. The molecular weight excluding hydrogens is 264 g/mol. The predicted molar refractivity (Wildman–Crippen MR) is 75.8 cm³/mol. The van der Waals surface area contributed by atoms with Gasteiger partial charge < -0.3 is 4.74 Å². The zero-order valence-electron chi connectivity index (χ0n) is 11.1. The van der Waals surface area contributed by atoms with E-state index in [4.69, 9.17) is 16.3 Å². The van der Waals surface area contributed by atoms with Crippen LogP contribution in [0.4, 0.5) is 0 Å². The van der Waals surface area contributed by atoms with E-state index in [2.05, 4.69) is 16.0 Å². The summed E-state index contributed by atoms with van der Waals surface area (Å²) in [5.74, 6) is -0.101. The van der Waals surface area contributed by atoms with E-state index in [1.54, 1.807) is 12.4 Å². The average Bonchev–Trinajstić information content (AvgIpc) is 2.40. The van der Waals surface area contributed by atoms with Gasteiger partial charge in [0.25, 0.3) is 0 Å². The molecule has 1 aromatic rings. The molecule has 0 aromatic carbocycles. The van der Waals surface area contributed by atoms with Crippen LogP contribution in [0.25, 0.3) is 6.08 Å². The third-order valence-corrected chi connectivity index (χ3v) is 2.70. The molecule has 0 unspecified atom stereocenters. The van der Waals surface area contributed by atoms with E-state index in [9.17, 15) is 4.79 Å². The van der Waals surface area contributed by atoms with Crippen molar-refractivity contribution in [1.29, 1.82) is 0 Å². The lowest BCUT2D eigenvalue weighted by Crippen LogP contribution is -2.02. The molecule has 0 saturated heterocycles. The number of nitrogens with zero attached hydrogens (tertiary/aromatic N) is 2. The Morgan fingerprint density at radius 1 is 1.32 bits per heavy atom. The minimum atomic E-state index is -0.101. The summed E-state index contributed by atoms with van der Waals surface area (Å²) >= 11 is 5.59. The number of carbonyl (C=O) groups excluding carboxylic acids is 1. The van der Waals surface area contributed by atoms with E-state index in [1.165, 1.54) is 0 Å². The molecule has 0 aliphatic rings. The number of allylic oxidation sites excluding steroid dienone is 1. The topological polar surface area (TPSA) is 52.1 Å². The molecule has 0 radical (unpaired) electrons. The Kier molecular flexibility index (Phi) is 7.82. The van der Waals surface area contributed by atoms with Crippen molar-refractivity contribution in [2.24, 2.45) is 0 Å². The molecule has 0 fully saturated rings. The maximum Gasteiger partial charge on any atom is 0.305 e. The highest BCUT2D eigenvalue weighted by molar-refractivity contribution is 6.28. The van der Waals surface area contributed by atoms with E-state index in [1.807, 2.05) is 13.0 Å². The summed E-state index contributed by atoms with van der Waals surface area (Å²) in [5.41, 5.74) is 0.941. The summed E-state index contributed by atoms with van der Waals surface area (Å²) in [6, 6.07) is 0. The van der Waals surface area contributed by atoms with Crippen LogP contribution >= 0.6 is 11.6 Å². The van der Waals surface area contributed by atoms with Gasteiger partial charge in [0.2, 0.25) is 5.28 Å². The standard InChI is InChI=1S/C14H19ClN2O2/c1-2-19-13(18)9-7-5-3-4-6-8-12-10-16-14(15)17-11-12/h6,8,10-11H,2-5,7,9H2,1H3/b8-6+. The van der Waals surface area contributed by atoms with Gasteiger partial charge in [-0.15, -0.1) is 0 Å². The quantitative estimate of drug-likeness (QED) is 0.415. The first-order valence-electron chi connectivity index (χ1n) is 6.52. The minimum absolute atomic E-state index is 0.101. The smallest absolute Gasteiger partial charge is 0.305 e. The molecule has 5 heteroatoms. The zero-order valence-corrected chi connectivity index (χ0v) is 11.9. The molecule has 0 aliphatic heterocycles. The summed E-state index contributed by atoms with van der Waals surface area (Å²) in [4.78, 5) is 18.9. The van der Waals surface area contributed by atoms with Crippen molar-refractivity contribution in [2.75, 3.05) is 6.61 Å². The van der Waals surface area contributed by atoms with Crippen LogP contribution in [-0.4, -0.2) is 22.5 Å². The van der Waals surface area contributed by atoms with Gasteiger partial charge in [0, 0.05) is 24.4 Å². The normalized spacial score (nSPS) is 10.8. The highest BCUT2D eigenvalue weighted by atomic mass is 35.5. The summed E-state index contributed by atoms with van der Waals surface area (Å²) in [6.45, 7) is 2.29. The van der Waals surface area contributed by atoms with Gasteiger partial charge >= 0.3 is 5.97 Å². The first kappa shape index (κ1) is 15.6. The zero-order chi connectivity index (χ0) is 13.9. The lowest BCUT2D eigenvalue weighted by Gasteiger charge is -2.00. The summed E-state index contributed by atoms with van der Waals surface area (Å²) in [6.07, 6.45) is 11.9. The van der Waals surface area contributed by atoms with Gasteiger partial charge in [-0.2, -0.15) is 0 Å². The molecule has 104 valence electrons. The number of esters is 1. The van der Waals surface area contributed by atoms with E-state index < -0.39 is 0 Å². The van der Waals surface area contributed by atoms with Gasteiger partial charge in [-0.25, -0.2) is 9.97 Å². The fraction of sp³-hybridized carbons (Fsp3) is 0.500. The van der Waals surface area contributed by atoms with E-state index >= 15 is 0 Å². The van der Waals surface area contributed by atoms with Crippen molar-refractivity contribution in [1.82, 2.24) is 9.97 Å². The summed E-state index contributed by atoms with van der Waals surface area (Å²) in [5, 5.41) is 0.260. The molecule has 19 heavy (non-hydrogen) atoms. The lowest BCUT2D eigenvalue weighted by molar-refractivity contribution is -0.143. The van der Waals surface area contributed by atoms with E-state index in [0.717, 1.165) is 31.2 Å². The fourth-order valence-electron chi connectivity index (χ4n) is 1.57. The molecule has 0 aliphatic carbocycles. The fourth-order valence-corrected chi connectivity index (χ4v) is 1.67. The van der Waals surface area contributed by atoms with Crippen molar-refractivity contribution in [3.8, 4) is 0 Å². The third kappa shape index (κ3) is 7.57. The summed E-state index contributed by atoms with van der Waals surface area (Å²) < 4.78 is 4.86. The highest BCUT2D eigenvalue weighted by Crippen LogP contribution is 2.07. The maximum absolute atomic E-state index is 11.1. The van der Waals surface area contributed by atoms with E-state index in [-0.39, 0.29) is 11.3 Å². The second kappa shape index (κ2) is 9.50. The van der Waals surface area contributed by atoms with E-state index in [0.29, 0.717) is 13.0 Å². The van der Waals surface area contributed by atoms with Crippen LogP contribution in [0.5, 0.6) is 0 Å². The molecule has 0 spiro atoms. The molecule has 1 heterocycles. The Hall–Kier alpha value is -1.42. The molecular formula is C14H19ClN2O2. The third-order valence-electron chi connectivity index (χ3n) is 2.51. The lowest BCUT2D eigenvalue weighted by atomic mass is 10.1. The van der Waals surface area contributed by atoms with Crippen molar-refractivity contribution in [3.05, 3.63) is 29.3 Å². The number of ether oxygens (including phenoxy) is 1. The molecule has 0 bridgehead atoms. The summed E-state index contributed by atoms with van der Waals surface area (Å²) in [7, 11) is 0. The molecule has 0 N–H and O–H groups in total. The number of carbonyl (C=O) groups is 1. The Labute approximate surface area is 118 Å². The van der Waals surface area contributed by atoms with Crippen LogP contribution in [0, 0.1) is 0 Å². The molecule has 4 nitrogen and oxygen atoms in total. The molecule has 0 atom stereocenters.